The first kappa shape index (κ1) is 23.3. The second-order valence-corrected chi connectivity index (χ2v) is 9.66. The summed E-state index contributed by atoms with van der Waals surface area (Å²) < 4.78 is 40.3. The van der Waals surface area contributed by atoms with Crippen LogP contribution in [0.15, 0.2) is 77.7 Å². The quantitative estimate of drug-likeness (QED) is 0.331. The van der Waals surface area contributed by atoms with E-state index in [1.807, 2.05) is 37.3 Å². The summed E-state index contributed by atoms with van der Waals surface area (Å²) in [5, 5.41) is 0.655. The maximum atomic E-state index is 14.0. The normalized spacial score (nSPS) is 11.8. The largest absolute Gasteiger partial charge is 0.493 e. The lowest BCUT2D eigenvalue weighted by Gasteiger charge is -2.12. The Kier molecular flexibility index (Phi) is 6.30. The van der Waals surface area contributed by atoms with Gasteiger partial charge in [-0.2, -0.15) is 0 Å². The van der Waals surface area contributed by atoms with Crippen molar-refractivity contribution in [2.75, 3.05) is 14.2 Å². The predicted octanol–water partition coefficient (Wildman–Crippen LogP) is 5.47. The van der Waals surface area contributed by atoms with E-state index in [1.165, 1.54) is 31.2 Å². The second-order valence-electron chi connectivity index (χ2n) is 7.88. The molecule has 0 fully saturated rings. The minimum absolute atomic E-state index is 0.141. The number of benzene rings is 3. The molecule has 0 bridgehead atoms. The van der Waals surface area contributed by atoms with E-state index in [2.05, 4.69) is 0 Å². The van der Waals surface area contributed by atoms with Crippen molar-refractivity contribution in [3.05, 3.63) is 84.1 Å². The Morgan fingerprint density at radius 1 is 0.912 bits per heavy atom. The van der Waals surface area contributed by atoms with Crippen molar-refractivity contribution >= 4 is 32.8 Å². The zero-order valence-electron chi connectivity index (χ0n) is 19.4. The lowest BCUT2D eigenvalue weighted by atomic mass is 10.0. The molecule has 0 saturated carbocycles. The number of ether oxygens (including phenoxy) is 2. The minimum atomic E-state index is -4.03. The van der Waals surface area contributed by atoms with Gasteiger partial charge in [0.25, 0.3) is 10.0 Å². The van der Waals surface area contributed by atoms with Crippen molar-refractivity contribution in [1.82, 2.24) is 3.97 Å². The average Bonchev–Trinajstić information content (AvgIpc) is 3.16. The standard InChI is InChI=1S/C27H25NO5S/c1-18-10-13-21(14-11-18)34(30,31)28-23(15-12-19(2)29)27(20-8-6-5-7-9-20)22-16-25(32-3)26(33-4)17-24(22)28/h5-17H,1-4H3/b15-12+. The van der Waals surface area contributed by atoms with Gasteiger partial charge in [0, 0.05) is 17.0 Å². The molecule has 4 rings (SSSR count). The predicted molar refractivity (Wildman–Crippen MR) is 134 cm³/mol. The third-order valence-corrected chi connectivity index (χ3v) is 7.30. The first-order valence-electron chi connectivity index (χ1n) is 10.6. The first-order chi connectivity index (χ1) is 16.3. The summed E-state index contributed by atoms with van der Waals surface area (Å²) in [5.74, 6) is 0.674. The number of nitrogens with zero attached hydrogens (tertiary/aromatic N) is 1. The Morgan fingerprint density at radius 3 is 2.12 bits per heavy atom. The molecule has 1 aromatic heterocycles. The van der Waals surface area contributed by atoms with E-state index in [0.29, 0.717) is 33.7 Å². The molecule has 0 radical (unpaired) electrons. The van der Waals surface area contributed by atoms with Crippen LogP contribution in [0.2, 0.25) is 0 Å². The van der Waals surface area contributed by atoms with Crippen LogP contribution in [0.3, 0.4) is 0 Å². The van der Waals surface area contributed by atoms with Crippen molar-refractivity contribution in [3.8, 4) is 22.6 Å². The van der Waals surface area contributed by atoms with Crippen LogP contribution >= 0.6 is 0 Å². The number of hydrogen-bond donors (Lipinski definition) is 0. The molecule has 4 aromatic rings. The molecule has 0 saturated heterocycles. The first-order valence-corrected chi connectivity index (χ1v) is 12.1. The Bertz CT molecular complexity index is 1500. The van der Waals surface area contributed by atoms with Gasteiger partial charge in [0.15, 0.2) is 17.3 Å². The van der Waals surface area contributed by atoms with Crippen LogP contribution in [0.5, 0.6) is 11.5 Å². The summed E-state index contributed by atoms with van der Waals surface area (Å²) in [6.07, 6.45) is 2.92. The molecule has 0 aliphatic rings. The molecule has 3 aromatic carbocycles. The smallest absolute Gasteiger partial charge is 0.268 e. The summed E-state index contributed by atoms with van der Waals surface area (Å²) in [7, 11) is -1.00. The van der Waals surface area contributed by atoms with Gasteiger partial charge in [0.1, 0.15) is 0 Å². The van der Waals surface area contributed by atoms with E-state index in [4.69, 9.17) is 9.47 Å². The summed E-state index contributed by atoms with van der Waals surface area (Å²) >= 11 is 0. The molecular formula is C27H25NO5S. The fraction of sp³-hybridized carbons (Fsp3) is 0.148. The number of rotatable bonds is 7. The number of fused-ring (bicyclic) bond motifs is 1. The number of allylic oxidation sites excluding steroid dienone is 1. The SMILES string of the molecule is COc1cc2c(-c3ccccc3)c(/C=C/C(C)=O)n(S(=O)(=O)c3ccc(C)cc3)c2cc1OC. The summed E-state index contributed by atoms with van der Waals surface area (Å²) in [6.45, 7) is 3.32. The van der Waals surface area contributed by atoms with E-state index in [9.17, 15) is 13.2 Å². The number of carbonyl (C=O) groups is 1. The van der Waals surface area contributed by atoms with Crippen molar-refractivity contribution in [2.24, 2.45) is 0 Å². The number of hydrogen-bond acceptors (Lipinski definition) is 5. The highest BCUT2D eigenvalue weighted by molar-refractivity contribution is 7.90. The van der Waals surface area contributed by atoms with E-state index in [0.717, 1.165) is 11.1 Å². The highest BCUT2D eigenvalue weighted by atomic mass is 32.2. The van der Waals surface area contributed by atoms with Gasteiger partial charge >= 0.3 is 0 Å². The van der Waals surface area contributed by atoms with E-state index in [1.54, 1.807) is 42.5 Å². The Hall–Kier alpha value is -3.84. The van der Waals surface area contributed by atoms with E-state index >= 15 is 0 Å². The molecule has 0 spiro atoms. The van der Waals surface area contributed by atoms with Gasteiger partial charge in [0.2, 0.25) is 0 Å². The molecule has 0 aliphatic carbocycles. The number of aromatic nitrogens is 1. The molecule has 0 amide bonds. The Morgan fingerprint density at radius 2 is 1.53 bits per heavy atom. The van der Waals surface area contributed by atoms with Crippen LogP contribution in [0.25, 0.3) is 28.1 Å². The van der Waals surface area contributed by atoms with Crippen molar-refractivity contribution < 1.29 is 22.7 Å². The highest BCUT2D eigenvalue weighted by Crippen LogP contribution is 2.43. The van der Waals surface area contributed by atoms with Gasteiger partial charge < -0.3 is 9.47 Å². The fourth-order valence-electron chi connectivity index (χ4n) is 3.94. The minimum Gasteiger partial charge on any atom is -0.493 e. The average molecular weight is 476 g/mol. The Labute approximate surface area is 199 Å². The van der Waals surface area contributed by atoms with Crippen LogP contribution in [0.1, 0.15) is 18.2 Å². The third kappa shape index (κ3) is 4.10. The monoisotopic (exact) mass is 475 g/mol. The molecule has 0 unspecified atom stereocenters. The maximum Gasteiger partial charge on any atom is 0.268 e. The van der Waals surface area contributed by atoms with Crippen LogP contribution in [-0.2, 0) is 14.8 Å². The van der Waals surface area contributed by atoms with Crippen LogP contribution in [0.4, 0.5) is 0 Å². The lowest BCUT2D eigenvalue weighted by Crippen LogP contribution is -2.14. The van der Waals surface area contributed by atoms with Gasteiger partial charge in [0.05, 0.1) is 30.3 Å². The lowest BCUT2D eigenvalue weighted by molar-refractivity contribution is -0.112. The summed E-state index contributed by atoms with van der Waals surface area (Å²) in [4.78, 5) is 12.0. The van der Waals surface area contributed by atoms with Gasteiger partial charge in [-0.15, -0.1) is 0 Å². The van der Waals surface area contributed by atoms with Crippen molar-refractivity contribution in [1.29, 1.82) is 0 Å². The molecule has 1 heterocycles. The number of carbonyl (C=O) groups excluding carboxylic acids is 1. The molecule has 7 heteroatoms. The number of ketones is 1. The molecule has 0 aliphatic heterocycles. The van der Waals surface area contributed by atoms with E-state index < -0.39 is 10.0 Å². The molecular weight excluding hydrogens is 450 g/mol. The molecule has 34 heavy (non-hydrogen) atoms. The van der Waals surface area contributed by atoms with Crippen molar-refractivity contribution in [2.45, 2.75) is 18.7 Å². The molecule has 6 nitrogen and oxygen atoms in total. The van der Waals surface area contributed by atoms with Crippen LogP contribution in [-0.4, -0.2) is 32.4 Å². The van der Waals surface area contributed by atoms with Crippen LogP contribution < -0.4 is 9.47 Å². The maximum absolute atomic E-state index is 14.0. The van der Waals surface area contributed by atoms with Crippen LogP contribution in [0, 0.1) is 6.92 Å². The fourth-order valence-corrected chi connectivity index (χ4v) is 5.45. The second kappa shape index (κ2) is 9.19. The number of methoxy groups -OCH3 is 2. The van der Waals surface area contributed by atoms with Gasteiger partial charge in [-0.1, -0.05) is 48.0 Å². The summed E-state index contributed by atoms with van der Waals surface area (Å²) in [5.41, 5.74) is 3.21. The number of aryl methyl sites for hydroxylation is 1. The Balaban J connectivity index is 2.20. The molecule has 0 atom stereocenters. The van der Waals surface area contributed by atoms with Gasteiger partial charge in [-0.25, -0.2) is 12.4 Å². The van der Waals surface area contributed by atoms with Crippen molar-refractivity contribution in [3.63, 3.8) is 0 Å². The topological polar surface area (TPSA) is 74.6 Å². The van der Waals surface area contributed by atoms with Gasteiger partial charge in [-0.05, 0) is 49.8 Å². The van der Waals surface area contributed by atoms with E-state index in [-0.39, 0.29) is 10.7 Å². The summed E-state index contributed by atoms with van der Waals surface area (Å²) in [6, 6.07) is 19.5. The highest BCUT2D eigenvalue weighted by Gasteiger charge is 2.28. The van der Waals surface area contributed by atoms with Gasteiger partial charge in [-0.3, -0.25) is 4.79 Å². The zero-order valence-corrected chi connectivity index (χ0v) is 20.2. The molecule has 0 N–H and O–H groups in total. The third-order valence-electron chi connectivity index (χ3n) is 5.56. The zero-order chi connectivity index (χ0) is 24.5. The molecule has 174 valence electrons.